The molecule has 0 spiro atoms. The molecular weight excluding hydrogens is 194 g/mol. The summed E-state index contributed by atoms with van der Waals surface area (Å²) >= 11 is 1.87. The van der Waals surface area contributed by atoms with Gasteiger partial charge in [-0.05, 0) is 11.1 Å². The lowest BCUT2D eigenvalue weighted by Gasteiger charge is -2.05. The van der Waals surface area contributed by atoms with Crippen molar-refractivity contribution < 1.29 is 4.79 Å². The number of nitrogens with one attached hydrogen (secondary N) is 1. The monoisotopic (exact) mass is 207 g/mol. The van der Waals surface area contributed by atoms with Crippen molar-refractivity contribution >= 4 is 17.7 Å². The molecule has 74 valence electrons. The highest BCUT2D eigenvalue weighted by atomic mass is 32.2. The molecule has 0 saturated carbocycles. The number of thioether (sulfide) groups is 1. The number of hydrogen-bond acceptors (Lipinski definition) is 2. The first kappa shape index (κ1) is 9.59. The van der Waals surface area contributed by atoms with Crippen LogP contribution in [0.3, 0.4) is 0 Å². The first-order valence-corrected chi connectivity index (χ1v) is 5.93. The van der Waals surface area contributed by atoms with Crippen LogP contribution in [-0.2, 0) is 17.0 Å². The molecule has 0 unspecified atom stereocenters. The summed E-state index contributed by atoms with van der Waals surface area (Å²) in [5.74, 6) is 2.16. The molecule has 1 aromatic carbocycles. The zero-order valence-electron chi connectivity index (χ0n) is 7.95. The Morgan fingerprint density at radius 2 is 2.00 bits per heavy atom. The maximum Gasteiger partial charge on any atom is 0.224 e. The minimum absolute atomic E-state index is 0.139. The average Bonchev–Trinajstić information content (AvgIpc) is 2.27. The van der Waals surface area contributed by atoms with Gasteiger partial charge in [0.1, 0.15) is 0 Å². The average molecular weight is 207 g/mol. The Morgan fingerprint density at radius 3 is 2.86 bits per heavy atom. The van der Waals surface area contributed by atoms with Gasteiger partial charge in [-0.15, -0.1) is 0 Å². The first-order chi connectivity index (χ1) is 6.86. The number of amides is 1. The maximum atomic E-state index is 11.4. The van der Waals surface area contributed by atoms with Crippen molar-refractivity contribution in [1.29, 1.82) is 0 Å². The van der Waals surface area contributed by atoms with Crippen LogP contribution in [-0.4, -0.2) is 18.2 Å². The third kappa shape index (κ3) is 2.29. The molecule has 0 aromatic heterocycles. The number of carbonyl (C=O) groups is 1. The second kappa shape index (κ2) is 4.51. The van der Waals surface area contributed by atoms with Gasteiger partial charge in [0.15, 0.2) is 0 Å². The highest BCUT2D eigenvalue weighted by Gasteiger charge is 2.09. The zero-order chi connectivity index (χ0) is 9.80. The quantitative estimate of drug-likeness (QED) is 0.700. The molecule has 1 amide bonds. The molecule has 0 bridgehead atoms. The molecule has 1 aliphatic rings. The van der Waals surface area contributed by atoms with Crippen LogP contribution < -0.4 is 5.32 Å². The van der Waals surface area contributed by atoms with Crippen LogP contribution in [0.25, 0.3) is 0 Å². The van der Waals surface area contributed by atoms with Gasteiger partial charge in [0.2, 0.25) is 5.91 Å². The summed E-state index contributed by atoms with van der Waals surface area (Å²) in [6.45, 7) is 0.789. The van der Waals surface area contributed by atoms with Crippen LogP contribution in [0.2, 0.25) is 0 Å². The number of rotatable bonds is 0. The molecule has 0 saturated heterocycles. The van der Waals surface area contributed by atoms with Crippen LogP contribution in [0.4, 0.5) is 0 Å². The van der Waals surface area contributed by atoms with Crippen LogP contribution in [0.15, 0.2) is 24.3 Å². The fourth-order valence-electron chi connectivity index (χ4n) is 1.55. The fourth-order valence-corrected chi connectivity index (χ4v) is 2.44. The predicted octanol–water partition coefficient (Wildman–Crippen LogP) is 1.59. The molecule has 1 aromatic rings. The van der Waals surface area contributed by atoms with Crippen molar-refractivity contribution in [3.8, 4) is 0 Å². The largest absolute Gasteiger partial charge is 0.355 e. The van der Waals surface area contributed by atoms with Gasteiger partial charge in [-0.2, -0.15) is 11.8 Å². The van der Waals surface area contributed by atoms with Crippen molar-refractivity contribution in [3.05, 3.63) is 35.4 Å². The van der Waals surface area contributed by atoms with E-state index in [1.54, 1.807) is 0 Å². The predicted molar refractivity (Wildman–Crippen MR) is 59.3 cm³/mol. The van der Waals surface area contributed by atoms with Crippen LogP contribution >= 0.6 is 11.8 Å². The Hall–Kier alpha value is -0.960. The standard InChI is InChI=1S/C11H13NOS/c13-11-7-9-3-1-2-4-10(9)8-14-6-5-12-11/h1-4H,5-8H2,(H,12,13). The smallest absolute Gasteiger partial charge is 0.224 e. The van der Waals surface area contributed by atoms with E-state index >= 15 is 0 Å². The van der Waals surface area contributed by atoms with E-state index in [4.69, 9.17) is 0 Å². The molecule has 3 heteroatoms. The van der Waals surface area contributed by atoms with Crippen molar-refractivity contribution in [2.45, 2.75) is 12.2 Å². The molecule has 2 nitrogen and oxygen atoms in total. The second-order valence-electron chi connectivity index (χ2n) is 3.35. The molecule has 1 aliphatic heterocycles. The van der Waals surface area contributed by atoms with Crippen LogP contribution in [0.5, 0.6) is 0 Å². The van der Waals surface area contributed by atoms with E-state index in [0.29, 0.717) is 6.42 Å². The van der Waals surface area contributed by atoms with Gasteiger partial charge in [-0.3, -0.25) is 4.79 Å². The second-order valence-corrected chi connectivity index (χ2v) is 4.45. The number of fused-ring (bicyclic) bond motifs is 1. The van der Waals surface area contributed by atoms with Gasteiger partial charge in [0, 0.05) is 18.1 Å². The minimum Gasteiger partial charge on any atom is -0.355 e. The van der Waals surface area contributed by atoms with E-state index in [9.17, 15) is 4.79 Å². The summed E-state index contributed by atoms with van der Waals surface area (Å²) in [7, 11) is 0. The molecule has 0 aliphatic carbocycles. The molecule has 0 radical (unpaired) electrons. The van der Waals surface area contributed by atoms with E-state index in [2.05, 4.69) is 11.4 Å². The normalized spacial score (nSPS) is 17.3. The van der Waals surface area contributed by atoms with Crippen molar-refractivity contribution in [3.63, 3.8) is 0 Å². The number of benzene rings is 1. The van der Waals surface area contributed by atoms with E-state index in [1.807, 2.05) is 30.0 Å². The summed E-state index contributed by atoms with van der Waals surface area (Å²) in [5.41, 5.74) is 2.47. The Labute approximate surface area is 88.1 Å². The molecule has 0 fully saturated rings. The van der Waals surface area contributed by atoms with Gasteiger partial charge in [0.25, 0.3) is 0 Å². The van der Waals surface area contributed by atoms with Gasteiger partial charge >= 0.3 is 0 Å². The highest BCUT2D eigenvalue weighted by Crippen LogP contribution is 2.17. The van der Waals surface area contributed by atoms with Crippen LogP contribution in [0, 0.1) is 0 Å². The Morgan fingerprint density at radius 1 is 1.21 bits per heavy atom. The molecular formula is C11H13NOS. The fraction of sp³-hybridized carbons (Fsp3) is 0.364. The molecule has 1 heterocycles. The Bertz CT molecular complexity index is 338. The summed E-state index contributed by atoms with van der Waals surface area (Å²) in [5, 5.41) is 2.91. The SMILES string of the molecule is O=C1Cc2ccccc2CSCCN1. The molecule has 2 rings (SSSR count). The molecule has 1 N–H and O–H groups in total. The Kier molecular flexibility index (Phi) is 3.09. The first-order valence-electron chi connectivity index (χ1n) is 4.77. The van der Waals surface area contributed by atoms with E-state index < -0.39 is 0 Å². The minimum atomic E-state index is 0.139. The highest BCUT2D eigenvalue weighted by molar-refractivity contribution is 7.98. The Balaban J connectivity index is 2.25. The van der Waals surface area contributed by atoms with Gasteiger partial charge in [-0.25, -0.2) is 0 Å². The lowest BCUT2D eigenvalue weighted by atomic mass is 10.1. The van der Waals surface area contributed by atoms with Crippen molar-refractivity contribution in [1.82, 2.24) is 5.32 Å². The summed E-state index contributed by atoms with van der Waals surface area (Å²) < 4.78 is 0. The third-order valence-corrected chi connectivity index (χ3v) is 3.30. The molecule has 14 heavy (non-hydrogen) atoms. The van der Waals surface area contributed by atoms with E-state index in [0.717, 1.165) is 18.1 Å². The number of hydrogen-bond donors (Lipinski definition) is 1. The van der Waals surface area contributed by atoms with Crippen molar-refractivity contribution in [2.75, 3.05) is 12.3 Å². The lowest BCUT2D eigenvalue weighted by Crippen LogP contribution is -2.26. The number of carbonyl (C=O) groups excluding carboxylic acids is 1. The van der Waals surface area contributed by atoms with E-state index in [-0.39, 0.29) is 5.91 Å². The zero-order valence-corrected chi connectivity index (χ0v) is 8.77. The summed E-state index contributed by atoms with van der Waals surface area (Å²) in [6, 6.07) is 8.19. The van der Waals surface area contributed by atoms with Crippen molar-refractivity contribution in [2.24, 2.45) is 0 Å². The topological polar surface area (TPSA) is 29.1 Å². The van der Waals surface area contributed by atoms with Gasteiger partial charge in [0.05, 0.1) is 6.42 Å². The summed E-state index contributed by atoms with van der Waals surface area (Å²) in [6.07, 6.45) is 0.525. The molecule has 0 atom stereocenters. The van der Waals surface area contributed by atoms with Gasteiger partial charge < -0.3 is 5.32 Å². The van der Waals surface area contributed by atoms with Gasteiger partial charge in [-0.1, -0.05) is 24.3 Å². The summed E-state index contributed by atoms with van der Waals surface area (Å²) in [4.78, 5) is 11.4. The van der Waals surface area contributed by atoms with Crippen LogP contribution in [0.1, 0.15) is 11.1 Å². The van der Waals surface area contributed by atoms with E-state index in [1.165, 1.54) is 11.1 Å². The maximum absolute atomic E-state index is 11.4. The lowest BCUT2D eigenvalue weighted by molar-refractivity contribution is -0.120. The third-order valence-electron chi connectivity index (χ3n) is 2.30.